The van der Waals surface area contributed by atoms with Crippen LogP contribution in [-0.4, -0.2) is 36.4 Å². The second-order valence-corrected chi connectivity index (χ2v) is 10.9. The number of carbonyl (C=O) groups excluding carboxylic acids is 2. The highest BCUT2D eigenvalue weighted by Crippen LogP contribution is 2.41. The Morgan fingerprint density at radius 2 is 1.05 bits per heavy atom. The SMILES string of the molecule is NCCSc1c(N)cc(C(F)(F)F)cc1NC(=O)c1cccc(C(=O)Nc2cc(C(F)(F)F)cc(N)c2SCCN)c1. The van der Waals surface area contributed by atoms with Crippen molar-refractivity contribution < 1.29 is 35.9 Å². The van der Waals surface area contributed by atoms with Crippen molar-refractivity contribution in [2.75, 3.05) is 46.7 Å². The Balaban J connectivity index is 1.93. The van der Waals surface area contributed by atoms with Crippen LogP contribution in [0, 0.1) is 0 Å². The maximum atomic E-state index is 13.4. The molecule has 0 heterocycles. The van der Waals surface area contributed by atoms with E-state index in [9.17, 15) is 35.9 Å². The monoisotopic (exact) mass is 632 g/mol. The zero-order chi connectivity index (χ0) is 31.2. The number of benzene rings is 3. The summed E-state index contributed by atoms with van der Waals surface area (Å²) in [6.07, 6.45) is -9.48. The van der Waals surface area contributed by atoms with Crippen molar-refractivity contribution in [2.24, 2.45) is 11.5 Å². The molecule has 0 aliphatic heterocycles. The number of rotatable bonds is 10. The summed E-state index contributed by atoms with van der Waals surface area (Å²) in [6.45, 7) is 0.388. The molecule has 10 N–H and O–H groups in total. The van der Waals surface area contributed by atoms with Gasteiger partial charge in [0.25, 0.3) is 11.8 Å². The van der Waals surface area contributed by atoms with Gasteiger partial charge in [0.1, 0.15) is 0 Å². The highest BCUT2D eigenvalue weighted by Gasteiger charge is 2.33. The fourth-order valence-electron chi connectivity index (χ4n) is 3.65. The first kappa shape index (κ1) is 32.9. The second kappa shape index (κ2) is 13.6. The van der Waals surface area contributed by atoms with Crippen LogP contribution in [0.4, 0.5) is 49.1 Å². The minimum Gasteiger partial charge on any atom is -0.398 e. The third-order valence-corrected chi connectivity index (χ3v) is 7.87. The smallest absolute Gasteiger partial charge is 0.398 e. The van der Waals surface area contributed by atoms with Gasteiger partial charge in [-0.25, -0.2) is 0 Å². The van der Waals surface area contributed by atoms with E-state index >= 15 is 0 Å². The molecule has 0 atom stereocenters. The van der Waals surface area contributed by atoms with E-state index in [1.165, 1.54) is 18.2 Å². The van der Waals surface area contributed by atoms with Gasteiger partial charge in [0.15, 0.2) is 0 Å². The van der Waals surface area contributed by atoms with Crippen LogP contribution in [0.25, 0.3) is 0 Å². The van der Waals surface area contributed by atoms with E-state index in [1.54, 1.807) is 0 Å². The van der Waals surface area contributed by atoms with Gasteiger partial charge in [0.05, 0.1) is 32.3 Å². The lowest BCUT2D eigenvalue weighted by atomic mass is 10.1. The van der Waals surface area contributed by atoms with E-state index in [0.29, 0.717) is 11.5 Å². The van der Waals surface area contributed by atoms with Crippen molar-refractivity contribution >= 4 is 58.1 Å². The van der Waals surface area contributed by atoms with Gasteiger partial charge in [0.2, 0.25) is 0 Å². The summed E-state index contributed by atoms with van der Waals surface area (Å²) in [4.78, 5) is 26.5. The molecule has 0 aliphatic carbocycles. The normalized spacial score (nSPS) is 11.8. The van der Waals surface area contributed by atoms with Crippen LogP contribution >= 0.6 is 23.5 Å². The summed E-state index contributed by atoms with van der Waals surface area (Å²) in [6, 6.07) is 8.06. The lowest BCUT2D eigenvalue weighted by Crippen LogP contribution is -2.18. The van der Waals surface area contributed by atoms with Crippen LogP contribution in [0.1, 0.15) is 31.8 Å². The molecular formula is C26H26F6N6O2S2. The number of hydrogen-bond acceptors (Lipinski definition) is 8. The van der Waals surface area contributed by atoms with Crippen molar-refractivity contribution in [3.63, 3.8) is 0 Å². The number of halogens is 6. The Morgan fingerprint density at radius 1 is 0.667 bits per heavy atom. The molecule has 0 aliphatic rings. The fourth-order valence-corrected chi connectivity index (χ4v) is 5.28. The molecule has 0 fully saturated rings. The van der Waals surface area contributed by atoms with Gasteiger partial charge in [-0.3, -0.25) is 9.59 Å². The number of nitrogens with two attached hydrogens (primary N) is 4. The van der Waals surface area contributed by atoms with Gasteiger partial charge < -0.3 is 33.6 Å². The molecule has 3 rings (SSSR count). The van der Waals surface area contributed by atoms with Crippen LogP contribution in [0.2, 0.25) is 0 Å². The van der Waals surface area contributed by atoms with Gasteiger partial charge in [-0.2, -0.15) is 26.3 Å². The molecule has 42 heavy (non-hydrogen) atoms. The molecule has 0 radical (unpaired) electrons. The minimum absolute atomic E-state index is 0.116. The first-order valence-corrected chi connectivity index (χ1v) is 14.0. The molecule has 2 amide bonds. The summed E-state index contributed by atoms with van der Waals surface area (Å²) in [5.74, 6) is -1.11. The van der Waals surface area contributed by atoms with Crippen LogP contribution < -0.4 is 33.6 Å². The summed E-state index contributed by atoms with van der Waals surface area (Å²) in [7, 11) is 0. The Bertz CT molecular complexity index is 1360. The number of alkyl halides is 6. The van der Waals surface area contributed by atoms with Crippen molar-refractivity contribution in [1.29, 1.82) is 0 Å². The highest BCUT2D eigenvalue weighted by atomic mass is 32.2. The highest BCUT2D eigenvalue weighted by molar-refractivity contribution is 7.99. The largest absolute Gasteiger partial charge is 0.416 e. The Hall–Kier alpha value is -3.60. The topological polar surface area (TPSA) is 162 Å². The lowest BCUT2D eigenvalue weighted by Gasteiger charge is -2.17. The van der Waals surface area contributed by atoms with Gasteiger partial charge >= 0.3 is 12.4 Å². The number of thioether (sulfide) groups is 2. The van der Waals surface area contributed by atoms with Crippen molar-refractivity contribution in [3.8, 4) is 0 Å². The van der Waals surface area contributed by atoms with Crippen LogP contribution in [0.5, 0.6) is 0 Å². The molecule has 0 unspecified atom stereocenters. The van der Waals surface area contributed by atoms with E-state index < -0.39 is 35.3 Å². The molecule has 0 bridgehead atoms. The molecule has 8 nitrogen and oxygen atoms in total. The number of nitrogen functional groups attached to an aromatic ring is 2. The Kier molecular flexibility index (Phi) is 10.6. The van der Waals surface area contributed by atoms with Gasteiger partial charge in [-0.05, 0) is 42.5 Å². The van der Waals surface area contributed by atoms with E-state index in [4.69, 9.17) is 22.9 Å². The molecule has 0 saturated carbocycles. The molecule has 3 aromatic carbocycles. The second-order valence-electron chi connectivity index (χ2n) is 8.64. The van der Waals surface area contributed by atoms with Crippen molar-refractivity contribution in [2.45, 2.75) is 22.1 Å². The standard InChI is InChI=1S/C26H26F6N6O2S2/c27-25(28,29)15-9-17(35)21(41-6-4-33)19(11-15)37-23(39)13-2-1-3-14(8-13)24(40)38-20-12-16(26(30,31)32)10-18(36)22(20)42-7-5-34/h1-3,8-12H,4-7,33-36H2,(H,37,39)(H,38,40). The van der Waals surface area contributed by atoms with E-state index in [2.05, 4.69) is 10.6 Å². The molecule has 16 heteroatoms. The maximum Gasteiger partial charge on any atom is 0.416 e. The average Bonchev–Trinajstić information content (AvgIpc) is 2.91. The number of hydrogen-bond donors (Lipinski definition) is 6. The zero-order valence-electron chi connectivity index (χ0n) is 21.7. The van der Waals surface area contributed by atoms with Crippen LogP contribution in [0.15, 0.2) is 58.3 Å². The van der Waals surface area contributed by atoms with E-state index in [-0.39, 0.29) is 56.8 Å². The summed E-state index contributed by atoms with van der Waals surface area (Å²) < 4.78 is 80.4. The molecule has 0 saturated heterocycles. The van der Waals surface area contributed by atoms with Crippen LogP contribution in [0.3, 0.4) is 0 Å². The number of carbonyl (C=O) groups is 2. The quantitative estimate of drug-likeness (QED) is 0.0971. The Labute approximate surface area is 244 Å². The lowest BCUT2D eigenvalue weighted by molar-refractivity contribution is -0.138. The summed E-state index contributed by atoms with van der Waals surface area (Å²) in [5.41, 5.74) is 19.5. The average molecular weight is 633 g/mol. The number of amides is 2. The minimum atomic E-state index is -4.74. The maximum absolute atomic E-state index is 13.4. The predicted octanol–water partition coefficient (Wildman–Crippen LogP) is 5.49. The molecule has 0 aromatic heterocycles. The Morgan fingerprint density at radius 3 is 1.38 bits per heavy atom. The van der Waals surface area contributed by atoms with Gasteiger partial charge in [-0.1, -0.05) is 6.07 Å². The first-order valence-electron chi connectivity index (χ1n) is 12.1. The van der Waals surface area contributed by atoms with Crippen LogP contribution in [-0.2, 0) is 12.4 Å². The summed E-state index contributed by atoms with van der Waals surface area (Å²) in [5, 5.41) is 4.80. The molecule has 226 valence electrons. The summed E-state index contributed by atoms with van der Waals surface area (Å²) >= 11 is 2.11. The van der Waals surface area contributed by atoms with E-state index in [0.717, 1.165) is 53.9 Å². The molecular weight excluding hydrogens is 606 g/mol. The van der Waals surface area contributed by atoms with Gasteiger partial charge in [0, 0.05) is 47.1 Å². The van der Waals surface area contributed by atoms with Gasteiger partial charge in [-0.15, -0.1) is 23.5 Å². The van der Waals surface area contributed by atoms with Crippen molar-refractivity contribution in [1.82, 2.24) is 0 Å². The fraction of sp³-hybridized carbons (Fsp3) is 0.231. The first-order chi connectivity index (χ1) is 19.6. The number of anilines is 4. The molecule has 0 spiro atoms. The van der Waals surface area contributed by atoms with Crippen molar-refractivity contribution in [3.05, 3.63) is 70.8 Å². The molecule has 3 aromatic rings. The third kappa shape index (κ3) is 8.24. The number of nitrogens with one attached hydrogen (secondary N) is 2. The zero-order valence-corrected chi connectivity index (χ0v) is 23.3. The third-order valence-electron chi connectivity index (χ3n) is 5.50. The van der Waals surface area contributed by atoms with E-state index in [1.807, 2.05) is 0 Å². The predicted molar refractivity (Wildman–Crippen MR) is 154 cm³/mol.